The minimum Gasteiger partial charge on any atom is -0.327 e. The van der Waals surface area contributed by atoms with Gasteiger partial charge >= 0.3 is 0 Å². The van der Waals surface area contributed by atoms with Gasteiger partial charge in [0.2, 0.25) is 0 Å². The zero-order valence-electron chi connectivity index (χ0n) is 15.3. The number of amides is 1. The van der Waals surface area contributed by atoms with E-state index in [4.69, 9.17) is 4.98 Å². The predicted molar refractivity (Wildman–Crippen MR) is 109 cm³/mol. The monoisotopic (exact) mass is 442 g/mol. The third-order valence-electron chi connectivity index (χ3n) is 4.86. The SMILES string of the molecule is C=CCN(Cc1nc2cccnc2n1CC1CC1)C(=O)c1ccc(F)c(Br)c1. The number of nitrogens with zero attached hydrogens (tertiary/aromatic N) is 4. The van der Waals surface area contributed by atoms with E-state index in [0.29, 0.717) is 24.6 Å². The van der Waals surface area contributed by atoms with Gasteiger partial charge in [0.1, 0.15) is 17.2 Å². The van der Waals surface area contributed by atoms with Gasteiger partial charge in [0.25, 0.3) is 5.91 Å². The molecule has 0 bridgehead atoms. The Morgan fingerprint density at radius 3 is 2.93 bits per heavy atom. The molecule has 4 rings (SSSR count). The quantitative estimate of drug-likeness (QED) is 0.503. The number of carbonyl (C=O) groups excluding carboxylic acids is 1. The largest absolute Gasteiger partial charge is 0.327 e. The van der Waals surface area contributed by atoms with Crippen LogP contribution in [0.1, 0.15) is 29.0 Å². The first-order valence-corrected chi connectivity index (χ1v) is 10.0. The minimum absolute atomic E-state index is 0.196. The van der Waals surface area contributed by atoms with Crippen molar-refractivity contribution in [3.8, 4) is 0 Å². The molecule has 0 N–H and O–H groups in total. The number of fused-ring (bicyclic) bond motifs is 1. The maximum Gasteiger partial charge on any atom is 0.254 e. The van der Waals surface area contributed by atoms with Gasteiger partial charge < -0.3 is 9.47 Å². The van der Waals surface area contributed by atoms with Gasteiger partial charge in [-0.2, -0.15) is 0 Å². The number of halogens is 2. The number of benzene rings is 1. The highest BCUT2D eigenvalue weighted by atomic mass is 79.9. The Morgan fingerprint density at radius 1 is 1.39 bits per heavy atom. The van der Waals surface area contributed by atoms with E-state index in [-0.39, 0.29) is 10.4 Å². The van der Waals surface area contributed by atoms with Crippen LogP contribution in [0.3, 0.4) is 0 Å². The van der Waals surface area contributed by atoms with Crippen LogP contribution in [-0.2, 0) is 13.1 Å². The molecule has 1 aliphatic rings. The van der Waals surface area contributed by atoms with Gasteiger partial charge in [0, 0.05) is 24.8 Å². The van der Waals surface area contributed by atoms with Crippen molar-refractivity contribution in [1.82, 2.24) is 19.4 Å². The smallest absolute Gasteiger partial charge is 0.254 e. The molecule has 0 unspecified atom stereocenters. The van der Waals surface area contributed by atoms with Gasteiger partial charge in [-0.3, -0.25) is 4.79 Å². The average Bonchev–Trinajstić information content (AvgIpc) is 3.45. The Morgan fingerprint density at radius 2 is 2.21 bits per heavy atom. The van der Waals surface area contributed by atoms with Crippen LogP contribution >= 0.6 is 15.9 Å². The van der Waals surface area contributed by atoms with Crippen molar-refractivity contribution in [2.24, 2.45) is 5.92 Å². The third kappa shape index (κ3) is 3.85. The van der Waals surface area contributed by atoms with E-state index in [1.54, 1.807) is 17.2 Å². The summed E-state index contributed by atoms with van der Waals surface area (Å²) in [6.45, 7) is 5.34. The number of rotatable bonds is 7. The van der Waals surface area contributed by atoms with E-state index in [1.165, 1.54) is 31.0 Å². The maximum atomic E-state index is 13.5. The second-order valence-electron chi connectivity index (χ2n) is 7.03. The Balaban J connectivity index is 1.66. The lowest BCUT2D eigenvalue weighted by atomic mass is 10.2. The number of hydrogen-bond donors (Lipinski definition) is 0. The first-order chi connectivity index (χ1) is 13.6. The minimum atomic E-state index is -0.399. The lowest BCUT2D eigenvalue weighted by Gasteiger charge is -2.21. The van der Waals surface area contributed by atoms with Crippen molar-refractivity contribution in [1.29, 1.82) is 0 Å². The zero-order valence-corrected chi connectivity index (χ0v) is 16.9. The number of imidazole rings is 1. The zero-order chi connectivity index (χ0) is 19.7. The third-order valence-corrected chi connectivity index (χ3v) is 5.46. The summed E-state index contributed by atoms with van der Waals surface area (Å²) in [5.74, 6) is 0.856. The maximum absolute atomic E-state index is 13.5. The van der Waals surface area contributed by atoms with Crippen LogP contribution in [0.2, 0.25) is 0 Å². The summed E-state index contributed by atoms with van der Waals surface area (Å²) in [6, 6.07) is 8.08. The van der Waals surface area contributed by atoms with Crippen molar-refractivity contribution < 1.29 is 9.18 Å². The summed E-state index contributed by atoms with van der Waals surface area (Å²) in [5, 5.41) is 0. The molecular weight excluding hydrogens is 423 g/mol. The van der Waals surface area contributed by atoms with E-state index >= 15 is 0 Å². The topological polar surface area (TPSA) is 51.0 Å². The van der Waals surface area contributed by atoms with Gasteiger partial charge in [0.05, 0.1) is 11.0 Å². The Hall–Kier alpha value is -2.54. The van der Waals surface area contributed by atoms with E-state index in [9.17, 15) is 9.18 Å². The fraction of sp³-hybridized carbons (Fsp3) is 0.286. The molecule has 3 aromatic rings. The second-order valence-corrected chi connectivity index (χ2v) is 7.89. The summed E-state index contributed by atoms with van der Waals surface area (Å²) in [4.78, 5) is 23.9. The highest BCUT2D eigenvalue weighted by Gasteiger charge is 2.26. The lowest BCUT2D eigenvalue weighted by molar-refractivity contribution is 0.0757. The molecule has 0 aliphatic heterocycles. The molecule has 1 fully saturated rings. The van der Waals surface area contributed by atoms with Crippen molar-refractivity contribution >= 4 is 33.0 Å². The van der Waals surface area contributed by atoms with Crippen molar-refractivity contribution in [2.45, 2.75) is 25.9 Å². The van der Waals surface area contributed by atoms with Crippen LogP contribution in [0, 0.1) is 11.7 Å². The molecule has 28 heavy (non-hydrogen) atoms. The van der Waals surface area contributed by atoms with Gasteiger partial charge in [-0.05, 0) is 65.0 Å². The van der Waals surface area contributed by atoms with E-state index in [0.717, 1.165) is 23.5 Å². The molecule has 2 aromatic heterocycles. The fourth-order valence-corrected chi connectivity index (χ4v) is 3.61. The molecule has 1 saturated carbocycles. The van der Waals surface area contributed by atoms with E-state index < -0.39 is 5.82 Å². The van der Waals surface area contributed by atoms with Crippen molar-refractivity contribution in [2.75, 3.05) is 6.54 Å². The molecule has 7 heteroatoms. The Bertz CT molecular complexity index is 1040. The molecule has 1 aromatic carbocycles. The Kier molecular flexibility index (Phi) is 5.26. The summed E-state index contributed by atoms with van der Waals surface area (Å²) in [7, 11) is 0. The van der Waals surface area contributed by atoms with Crippen LogP contribution in [0.4, 0.5) is 4.39 Å². The number of pyridine rings is 1. The summed E-state index contributed by atoms with van der Waals surface area (Å²) in [6.07, 6.45) is 5.87. The van der Waals surface area contributed by atoms with Crippen LogP contribution in [0.5, 0.6) is 0 Å². The van der Waals surface area contributed by atoms with Crippen LogP contribution < -0.4 is 0 Å². The van der Waals surface area contributed by atoms with E-state index in [1.807, 2.05) is 12.1 Å². The summed E-state index contributed by atoms with van der Waals surface area (Å²) < 4.78 is 15.9. The predicted octanol–water partition coefficient (Wildman–Crippen LogP) is 4.57. The molecule has 2 heterocycles. The number of hydrogen-bond acceptors (Lipinski definition) is 3. The van der Waals surface area contributed by atoms with Gasteiger partial charge in [-0.25, -0.2) is 14.4 Å². The highest BCUT2D eigenvalue weighted by molar-refractivity contribution is 9.10. The van der Waals surface area contributed by atoms with Crippen molar-refractivity contribution in [3.05, 3.63) is 70.9 Å². The normalized spacial score (nSPS) is 13.6. The fourth-order valence-electron chi connectivity index (χ4n) is 3.23. The Labute approximate surface area is 171 Å². The first-order valence-electron chi connectivity index (χ1n) is 9.22. The molecule has 1 amide bonds. The first kappa shape index (κ1) is 18.8. The van der Waals surface area contributed by atoms with Crippen LogP contribution in [0.25, 0.3) is 11.2 Å². The summed E-state index contributed by atoms with van der Waals surface area (Å²) >= 11 is 3.15. The lowest BCUT2D eigenvalue weighted by Crippen LogP contribution is -2.32. The van der Waals surface area contributed by atoms with Crippen molar-refractivity contribution in [3.63, 3.8) is 0 Å². The average molecular weight is 443 g/mol. The molecule has 144 valence electrons. The standard InChI is InChI=1S/C21H20BrFN4O/c1-2-10-26(21(28)15-7-8-17(23)16(22)11-15)13-19-25-18-4-3-9-24-20(18)27(19)12-14-5-6-14/h2-4,7-9,11,14H,1,5-6,10,12-13H2. The van der Waals surface area contributed by atoms with Crippen LogP contribution in [-0.4, -0.2) is 31.9 Å². The van der Waals surface area contributed by atoms with Gasteiger partial charge in [-0.15, -0.1) is 6.58 Å². The number of carbonyl (C=O) groups is 1. The highest BCUT2D eigenvalue weighted by Crippen LogP contribution is 2.32. The molecule has 1 aliphatic carbocycles. The van der Waals surface area contributed by atoms with Gasteiger partial charge in [0.15, 0.2) is 5.65 Å². The van der Waals surface area contributed by atoms with Crippen LogP contribution in [0.15, 0.2) is 53.7 Å². The molecule has 0 saturated heterocycles. The number of aromatic nitrogens is 3. The molecule has 0 radical (unpaired) electrons. The second kappa shape index (κ2) is 7.83. The molecule has 0 atom stereocenters. The van der Waals surface area contributed by atoms with E-state index in [2.05, 4.69) is 32.1 Å². The summed E-state index contributed by atoms with van der Waals surface area (Å²) in [5.41, 5.74) is 2.09. The molecular formula is C21H20BrFN4O. The molecule has 5 nitrogen and oxygen atoms in total. The van der Waals surface area contributed by atoms with Gasteiger partial charge in [-0.1, -0.05) is 6.08 Å². The molecule has 0 spiro atoms.